The van der Waals surface area contributed by atoms with E-state index in [-0.39, 0.29) is 25.2 Å². The molecule has 6 nitrogen and oxygen atoms in total. The van der Waals surface area contributed by atoms with E-state index in [2.05, 4.69) is 20.8 Å². The fourth-order valence-corrected chi connectivity index (χ4v) is 6.19. The first kappa shape index (κ1) is 42.4. The Labute approximate surface area is 285 Å². The molecule has 1 aliphatic heterocycles. The third kappa shape index (κ3) is 24.6. The third-order valence-electron chi connectivity index (χ3n) is 9.34. The summed E-state index contributed by atoms with van der Waals surface area (Å²) in [6.07, 6.45) is 34.9. The van der Waals surface area contributed by atoms with Crippen LogP contribution in [0.2, 0.25) is 0 Å². The van der Waals surface area contributed by atoms with Crippen molar-refractivity contribution in [3.05, 3.63) is 0 Å². The van der Waals surface area contributed by atoms with E-state index in [9.17, 15) is 9.59 Å². The van der Waals surface area contributed by atoms with Gasteiger partial charge in [-0.3, -0.25) is 9.59 Å². The van der Waals surface area contributed by atoms with Crippen LogP contribution in [0.4, 0.5) is 0 Å². The number of ether oxygens (including phenoxy) is 3. The van der Waals surface area contributed by atoms with Crippen LogP contribution in [-0.2, 0) is 23.8 Å². The van der Waals surface area contributed by atoms with Gasteiger partial charge in [-0.1, -0.05) is 175 Å². The normalized spacial score (nSPS) is 13.8. The van der Waals surface area contributed by atoms with E-state index in [1.165, 1.54) is 141 Å². The van der Waals surface area contributed by atoms with Crippen molar-refractivity contribution in [2.45, 2.75) is 219 Å². The second kappa shape index (κ2) is 30.7. The number of unbranched alkanes of at least 4 members (excludes halogenated alkanes) is 24. The van der Waals surface area contributed by atoms with Gasteiger partial charge < -0.3 is 14.2 Å². The van der Waals surface area contributed by atoms with E-state index in [0.717, 1.165) is 38.5 Å². The molecule has 1 rings (SSSR count). The first-order valence-corrected chi connectivity index (χ1v) is 20.1. The summed E-state index contributed by atoms with van der Waals surface area (Å²) in [5.74, 6) is 0.338. The second-order valence-electron chi connectivity index (χ2n) is 14.1. The Bertz CT molecular complexity index is 714. The number of aliphatic imine (C=N–C) groups is 1. The highest BCUT2D eigenvalue weighted by Gasteiger charge is 2.39. The molecule has 0 aromatic carbocycles. The van der Waals surface area contributed by atoms with E-state index in [0.29, 0.717) is 25.3 Å². The zero-order chi connectivity index (χ0) is 33.4. The first-order chi connectivity index (χ1) is 22.5. The number of rotatable bonds is 34. The molecule has 0 aromatic heterocycles. The van der Waals surface area contributed by atoms with E-state index in [4.69, 9.17) is 19.2 Å². The van der Waals surface area contributed by atoms with Crippen LogP contribution >= 0.6 is 0 Å². The van der Waals surface area contributed by atoms with Crippen LogP contribution in [0, 0.1) is 0 Å². The fourth-order valence-electron chi connectivity index (χ4n) is 6.19. The highest BCUT2D eigenvalue weighted by molar-refractivity contribution is 5.78. The Kier molecular flexibility index (Phi) is 28.3. The summed E-state index contributed by atoms with van der Waals surface area (Å²) in [5, 5.41) is 0. The predicted octanol–water partition coefficient (Wildman–Crippen LogP) is 12.0. The van der Waals surface area contributed by atoms with Crippen LogP contribution < -0.4 is 0 Å². The largest absolute Gasteiger partial charge is 0.478 e. The zero-order valence-corrected chi connectivity index (χ0v) is 30.8. The second-order valence-corrected chi connectivity index (χ2v) is 14.1. The minimum Gasteiger partial charge on any atom is -0.478 e. The lowest BCUT2D eigenvalue weighted by Crippen LogP contribution is -2.41. The molecule has 0 aliphatic carbocycles. The molecule has 0 saturated carbocycles. The molecule has 0 aromatic rings. The molecular formula is C40H75NO5. The van der Waals surface area contributed by atoms with Crippen molar-refractivity contribution in [2.24, 2.45) is 4.99 Å². The topological polar surface area (TPSA) is 74.2 Å². The lowest BCUT2D eigenvalue weighted by atomic mass is 10.0. The quantitative estimate of drug-likeness (QED) is 0.0512. The Morgan fingerprint density at radius 2 is 0.848 bits per heavy atom. The van der Waals surface area contributed by atoms with E-state index < -0.39 is 5.54 Å². The Balaban J connectivity index is 2.42. The van der Waals surface area contributed by atoms with Crippen molar-refractivity contribution in [1.29, 1.82) is 0 Å². The number of carbonyl (C=O) groups excluding carboxylic acids is 2. The van der Waals surface area contributed by atoms with Crippen LogP contribution in [0.15, 0.2) is 4.99 Å². The predicted molar refractivity (Wildman–Crippen MR) is 194 cm³/mol. The Hall–Kier alpha value is -1.59. The van der Waals surface area contributed by atoms with E-state index >= 15 is 0 Å². The van der Waals surface area contributed by atoms with Gasteiger partial charge in [0.15, 0.2) is 11.4 Å². The van der Waals surface area contributed by atoms with Gasteiger partial charge in [0.2, 0.25) is 0 Å². The molecule has 0 bridgehead atoms. The first-order valence-electron chi connectivity index (χ1n) is 20.1. The number of carbonyl (C=O) groups is 2. The summed E-state index contributed by atoms with van der Waals surface area (Å²) in [7, 11) is 0. The summed E-state index contributed by atoms with van der Waals surface area (Å²) in [4.78, 5) is 30.1. The van der Waals surface area contributed by atoms with Crippen molar-refractivity contribution in [3.63, 3.8) is 0 Å². The summed E-state index contributed by atoms with van der Waals surface area (Å²) in [6, 6.07) is 0. The molecule has 1 heterocycles. The lowest BCUT2D eigenvalue weighted by Gasteiger charge is -2.23. The number of hydrogen-bond donors (Lipinski definition) is 0. The van der Waals surface area contributed by atoms with Crippen molar-refractivity contribution < 1.29 is 23.8 Å². The van der Waals surface area contributed by atoms with Gasteiger partial charge in [0, 0.05) is 19.3 Å². The molecule has 0 amide bonds. The van der Waals surface area contributed by atoms with Crippen molar-refractivity contribution in [1.82, 2.24) is 0 Å². The molecule has 0 fully saturated rings. The molecule has 0 atom stereocenters. The fraction of sp³-hybridized carbons (Fsp3) is 0.925. The Morgan fingerprint density at radius 1 is 0.522 bits per heavy atom. The van der Waals surface area contributed by atoms with Crippen LogP contribution in [0.5, 0.6) is 0 Å². The average molecular weight is 650 g/mol. The van der Waals surface area contributed by atoms with Crippen LogP contribution in [0.25, 0.3) is 0 Å². The van der Waals surface area contributed by atoms with Gasteiger partial charge in [0.1, 0.15) is 19.8 Å². The van der Waals surface area contributed by atoms with Crippen molar-refractivity contribution >= 4 is 17.8 Å². The lowest BCUT2D eigenvalue weighted by molar-refractivity contribution is -0.150. The van der Waals surface area contributed by atoms with Gasteiger partial charge in [-0.15, -0.1) is 0 Å². The van der Waals surface area contributed by atoms with Gasteiger partial charge in [-0.2, -0.15) is 0 Å². The van der Waals surface area contributed by atoms with Crippen LogP contribution in [-0.4, -0.2) is 43.2 Å². The zero-order valence-electron chi connectivity index (χ0n) is 30.8. The van der Waals surface area contributed by atoms with E-state index in [1.807, 2.05) is 0 Å². The maximum Gasteiger partial charge on any atom is 0.305 e. The molecule has 0 spiro atoms. The molecule has 46 heavy (non-hydrogen) atoms. The van der Waals surface area contributed by atoms with Crippen LogP contribution in [0.1, 0.15) is 213 Å². The molecule has 1 aliphatic rings. The molecular weight excluding hydrogens is 574 g/mol. The molecule has 270 valence electrons. The maximum atomic E-state index is 12.6. The highest BCUT2D eigenvalue weighted by atomic mass is 16.6. The van der Waals surface area contributed by atoms with Crippen molar-refractivity contribution in [3.8, 4) is 0 Å². The molecule has 0 unspecified atom stereocenters. The average Bonchev–Trinajstić information content (AvgIpc) is 3.47. The third-order valence-corrected chi connectivity index (χ3v) is 9.34. The summed E-state index contributed by atoms with van der Waals surface area (Å²) < 4.78 is 17.4. The standard InChI is InChI=1S/C40H75NO5/c1-4-7-10-13-16-19-22-25-28-31-37-41-40(34-44-37,35-45-38(42)32-29-26-23-20-17-14-11-8-5-2)36-46-39(43)33-30-27-24-21-18-15-12-9-6-3/h4-36H2,1-3H3. The highest BCUT2D eigenvalue weighted by Crippen LogP contribution is 2.24. The molecule has 0 N–H and O–H groups in total. The molecule has 0 radical (unpaired) electrons. The number of esters is 2. The molecule has 0 saturated heterocycles. The van der Waals surface area contributed by atoms with Crippen molar-refractivity contribution in [2.75, 3.05) is 19.8 Å². The van der Waals surface area contributed by atoms with Gasteiger partial charge in [0.05, 0.1) is 0 Å². The van der Waals surface area contributed by atoms with Gasteiger partial charge >= 0.3 is 11.9 Å². The number of nitrogens with zero attached hydrogens (tertiary/aromatic N) is 1. The van der Waals surface area contributed by atoms with Crippen LogP contribution in [0.3, 0.4) is 0 Å². The maximum absolute atomic E-state index is 12.6. The van der Waals surface area contributed by atoms with E-state index in [1.54, 1.807) is 0 Å². The smallest absolute Gasteiger partial charge is 0.305 e. The van der Waals surface area contributed by atoms with Gasteiger partial charge in [-0.05, 0) is 19.3 Å². The minimum atomic E-state index is -0.823. The number of hydrogen-bond acceptors (Lipinski definition) is 6. The molecule has 6 heteroatoms. The SMILES string of the molecule is CCCCCCCCCCCC(=O)OCC1(COC(=O)CCCCCCCCCCC)COC(CCCCCCCCCCC)=N1. The Morgan fingerprint density at radius 3 is 1.22 bits per heavy atom. The van der Waals surface area contributed by atoms with Gasteiger partial charge in [-0.25, -0.2) is 4.99 Å². The summed E-state index contributed by atoms with van der Waals surface area (Å²) >= 11 is 0. The summed E-state index contributed by atoms with van der Waals surface area (Å²) in [5.41, 5.74) is -0.823. The summed E-state index contributed by atoms with van der Waals surface area (Å²) in [6.45, 7) is 7.27. The van der Waals surface area contributed by atoms with Gasteiger partial charge in [0.25, 0.3) is 0 Å². The minimum absolute atomic E-state index is 0.107. The monoisotopic (exact) mass is 650 g/mol.